The van der Waals surface area contributed by atoms with Gasteiger partial charge >= 0.3 is 0 Å². The standard InChI is InChI=1S/C17H13ClN4O4/c1-26-13-7-6-9(18)8-12(13)16(24)21-22-17(25)14-10-4-2-3-5-11(10)15(23)20-19-14/h2-8H,1H3,(H,20,23)(H,21,24)(H,22,25). The highest BCUT2D eigenvalue weighted by Crippen LogP contribution is 2.22. The van der Waals surface area contributed by atoms with Crippen LogP contribution in [0.2, 0.25) is 5.02 Å². The van der Waals surface area contributed by atoms with E-state index in [0.29, 0.717) is 21.5 Å². The minimum absolute atomic E-state index is 0.0291. The number of rotatable bonds is 3. The number of halogens is 1. The Balaban J connectivity index is 1.82. The molecule has 3 N–H and O–H groups in total. The van der Waals surface area contributed by atoms with Crippen molar-refractivity contribution < 1.29 is 14.3 Å². The maximum Gasteiger partial charge on any atom is 0.290 e. The smallest absolute Gasteiger partial charge is 0.290 e. The zero-order valence-electron chi connectivity index (χ0n) is 13.5. The molecule has 0 unspecified atom stereocenters. The van der Waals surface area contributed by atoms with Crippen LogP contribution in [0.1, 0.15) is 20.8 Å². The van der Waals surface area contributed by atoms with Crippen LogP contribution in [0.4, 0.5) is 0 Å². The molecule has 9 heteroatoms. The number of nitrogens with zero attached hydrogens (tertiary/aromatic N) is 1. The van der Waals surface area contributed by atoms with Crippen LogP contribution in [-0.4, -0.2) is 29.1 Å². The summed E-state index contributed by atoms with van der Waals surface area (Å²) < 4.78 is 5.10. The van der Waals surface area contributed by atoms with E-state index in [1.807, 2.05) is 0 Å². The Morgan fingerprint density at radius 2 is 1.77 bits per heavy atom. The summed E-state index contributed by atoms with van der Waals surface area (Å²) in [6.07, 6.45) is 0. The molecule has 3 aromatic rings. The molecular formula is C17H13ClN4O4. The molecule has 1 aromatic heterocycles. The van der Waals surface area contributed by atoms with Crippen molar-refractivity contribution in [2.24, 2.45) is 0 Å². The van der Waals surface area contributed by atoms with Crippen molar-refractivity contribution in [2.45, 2.75) is 0 Å². The molecule has 0 atom stereocenters. The van der Waals surface area contributed by atoms with Crippen LogP contribution >= 0.6 is 11.6 Å². The van der Waals surface area contributed by atoms with Crippen LogP contribution in [0, 0.1) is 0 Å². The number of methoxy groups -OCH3 is 1. The first-order valence-electron chi connectivity index (χ1n) is 7.43. The molecule has 3 rings (SSSR count). The van der Waals surface area contributed by atoms with Crippen LogP contribution in [-0.2, 0) is 0 Å². The van der Waals surface area contributed by atoms with Crippen molar-refractivity contribution >= 4 is 34.2 Å². The number of hydrazine groups is 1. The maximum atomic E-state index is 12.4. The lowest BCUT2D eigenvalue weighted by molar-refractivity contribution is 0.0842. The molecule has 0 radical (unpaired) electrons. The van der Waals surface area contributed by atoms with Gasteiger partial charge in [-0.15, -0.1) is 0 Å². The van der Waals surface area contributed by atoms with Crippen molar-refractivity contribution in [3.63, 3.8) is 0 Å². The summed E-state index contributed by atoms with van der Waals surface area (Å²) in [6, 6.07) is 11.0. The maximum absolute atomic E-state index is 12.4. The average molecular weight is 373 g/mol. The Labute approximate surface area is 152 Å². The van der Waals surface area contributed by atoms with E-state index in [9.17, 15) is 14.4 Å². The lowest BCUT2D eigenvalue weighted by Gasteiger charge is -2.11. The van der Waals surface area contributed by atoms with Crippen LogP contribution in [0.25, 0.3) is 10.8 Å². The third-order valence-electron chi connectivity index (χ3n) is 3.61. The molecule has 0 aliphatic rings. The van der Waals surface area contributed by atoms with E-state index in [1.165, 1.54) is 19.2 Å². The molecule has 2 amide bonds. The Bertz CT molecular complexity index is 1060. The number of benzene rings is 2. The van der Waals surface area contributed by atoms with Crippen molar-refractivity contribution in [3.8, 4) is 5.75 Å². The van der Waals surface area contributed by atoms with Gasteiger partial charge in [0.15, 0.2) is 5.69 Å². The third-order valence-corrected chi connectivity index (χ3v) is 3.84. The number of ether oxygens (including phenoxy) is 1. The summed E-state index contributed by atoms with van der Waals surface area (Å²) in [4.78, 5) is 36.4. The lowest BCUT2D eigenvalue weighted by Crippen LogP contribution is -2.42. The number of carbonyl (C=O) groups excluding carboxylic acids is 2. The number of fused-ring (bicyclic) bond motifs is 1. The van der Waals surface area contributed by atoms with Crippen molar-refractivity contribution in [2.75, 3.05) is 7.11 Å². The first-order valence-corrected chi connectivity index (χ1v) is 7.80. The number of H-pyrrole nitrogens is 1. The van der Waals surface area contributed by atoms with Gasteiger partial charge in [-0.05, 0) is 24.3 Å². The first-order chi connectivity index (χ1) is 12.5. The quantitative estimate of drug-likeness (QED) is 0.605. The van der Waals surface area contributed by atoms with Crippen LogP contribution in [0.3, 0.4) is 0 Å². The molecular weight excluding hydrogens is 360 g/mol. The number of amides is 2. The molecule has 0 aliphatic heterocycles. The van der Waals surface area contributed by atoms with Crippen LogP contribution in [0.15, 0.2) is 47.3 Å². The first kappa shape index (κ1) is 17.4. The highest BCUT2D eigenvalue weighted by molar-refractivity contribution is 6.31. The molecule has 8 nitrogen and oxygen atoms in total. The molecule has 2 aromatic carbocycles. The number of nitrogens with one attached hydrogen (secondary N) is 3. The molecule has 1 heterocycles. The third kappa shape index (κ3) is 3.35. The SMILES string of the molecule is COc1ccc(Cl)cc1C(=O)NNC(=O)c1n[nH]c(=O)c2ccccc12. The van der Waals surface area contributed by atoms with Crippen molar-refractivity contribution in [1.82, 2.24) is 21.0 Å². The van der Waals surface area contributed by atoms with E-state index in [0.717, 1.165) is 0 Å². The summed E-state index contributed by atoms with van der Waals surface area (Å²) in [5, 5.41) is 7.03. The van der Waals surface area contributed by atoms with E-state index >= 15 is 0 Å². The van der Waals surface area contributed by atoms with E-state index in [4.69, 9.17) is 16.3 Å². The zero-order valence-corrected chi connectivity index (χ0v) is 14.3. The minimum atomic E-state index is -0.688. The summed E-state index contributed by atoms with van der Waals surface area (Å²) in [7, 11) is 1.41. The van der Waals surface area contributed by atoms with E-state index in [2.05, 4.69) is 21.0 Å². The summed E-state index contributed by atoms with van der Waals surface area (Å²) >= 11 is 5.89. The predicted octanol–water partition coefficient (Wildman–Crippen LogP) is 1.66. The molecule has 132 valence electrons. The largest absolute Gasteiger partial charge is 0.496 e. The minimum Gasteiger partial charge on any atom is -0.496 e. The average Bonchev–Trinajstić information content (AvgIpc) is 2.66. The fraction of sp³-hybridized carbons (Fsp3) is 0.0588. The Morgan fingerprint density at radius 1 is 1.08 bits per heavy atom. The van der Waals surface area contributed by atoms with Gasteiger partial charge < -0.3 is 4.74 Å². The van der Waals surface area contributed by atoms with Crippen LogP contribution in [0.5, 0.6) is 5.75 Å². The lowest BCUT2D eigenvalue weighted by atomic mass is 10.1. The number of hydrogen-bond acceptors (Lipinski definition) is 5. The highest BCUT2D eigenvalue weighted by Gasteiger charge is 2.17. The van der Waals surface area contributed by atoms with E-state index < -0.39 is 17.4 Å². The fourth-order valence-electron chi connectivity index (χ4n) is 2.39. The van der Waals surface area contributed by atoms with Gasteiger partial charge in [-0.25, -0.2) is 5.10 Å². The molecule has 0 bridgehead atoms. The van der Waals surface area contributed by atoms with Gasteiger partial charge in [0.1, 0.15) is 5.75 Å². The monoisotopic (exact) mass is 372 g/mol. The fourth-order valence-corrected chi connectivity index (χ4v) is 2.56. The summed E-state index contributed by atoms with van der Waals surface area (Å²) in [5.41, 5.74) is 4.24. The predicted molar refractivity (Wildman–Crippen MR) is 95.3 cm³/mol. The Hall–Kier alpha value is -3.39. The molecule has 26 heavy (non-hydrogen) atoms. The molecule has 0 saturated carbocycles. The Kier molecular flexibility index (Phi) is 4.85. The number of hydrogen-bond donors (Lipinski definition) is 3. The highest BCUT2D eigenvalue weighted by atomic mass is 35.5. The van der Waals surface area contributed by atoms with Gasteiger partial charge in [0.25, 0.3) is 17.4 Å². The van der Waals surface area contributed by atoms with Crippen molar-refractivity contribution in [1.29, 1.82) is 0 Å². The van der Waals surface area contributed by atoms with E-state index in [-0.39, 0.29) is 11.3 Å². The second kappa shape index (κ2) is 7.24. The van der Waals surface area contributed by atoms with Crippen LogP contribution < -0.4 is 21.1 Å². The second-order valence-electron chi connectivity index (χ2n) is 5.20. The normalized spacial score (nSPS) is 10.4. The van der Waals surface area contributed by atoms with Gasteiger partial charge in [-0.3, -0.25) is 25.2 Å². The zero-order chi connectivity index (χ0) is 18.7. The molecule has 0 spiro atoms. The number of aromatic nitrogens is 2. The van der Waals surface area contributed by atoms with Crippen molar-refractivity contribution in [3.05, 3.63) is 69.1 Å². The molecule has 0 saturated heterocycles. The summed E-state index contributed by atoms with van der Waals surface area (Å²) in [5.74, 6) is -1.01. The van der Waals surface area contributed by atoms with Gasteiger partial charge in [0.05, 0.1) is 18.1 Å². The van der Waals surface area contributed by atoms with Gasteiger partial charge in [0, 0.05) is 10.4 Å². The van der Waals surface area contributed by atoms with E-state index in [1.54, 1.807) is 30.3 Å². The molecule has 0 fully saturated rings. The Morgan fingerprint density at radius 3 is 2.50 bits per heavy atom. The second-order valence-corrected chi connectivity index (χ2v) is 5.64. The topological polar surface area (TPSA) is 113 Å². The number of aromatic amines is 1. The van der Waals surface area contributed by atoms with Gasteiger partial charge in [-0.1, -0.05) is 29.8 Å². The number of carbonyl (C=O) groups is 2. The van der Waals surface area contributed by atoms with Gasteiger partial charge in [0.2, 0.25) is 0 Å². The summed E-state index contributed by atoms with van der Waals surface area (Å²) in [6.45, 7) is 0. The molecule has 0 aliphatic carbocycles. The van der Waals surface area contributed by atoms with Gasteiger partial charge in [-0.2, -0.15) is 5.10 Å².